The Kier molecular flexibility index (Phi) is 5.14. The molecular formula is C29H17Cl2NO3. The largest absolute Gasteiger partial charge is 0.478 e. The molecule has 35 heavy (non-hydrogen) atoms. The molecule has 2 aromatic heterocycles. The van der Waals surface area contributed by atoms with Crippen molar-refractivity contribution < 1.29 is 14.3 Å². The summed E-state index contributed by atoms with van der Waals surface area (Å²) in [7, 11) is 0. The molecule has 0 atom stereocenters. The van der Waals surface area contributed by atoms with Gasteiger partial charge in [0.25, 0.3) is 0 Å². The average Bonchev–Trinajstić information content (AvgIpc) is 3.49. The zero-order valence-corrected chi connectivity index (χ0v) is 19.7. The lowest BCUT2D eigenvalue weighted by Crippen LogP contribution is -2.01. The Bertz CT molecular complexity index is 1760. The number of hydrogen-bond acceptors (Lipinski definition) is 2. The highest BCUT2D eigenvalue weighted by Crippen LogP contribution is 2.39. The number of fused-ring (bicyclic) bond motifs is 3. The molecule has 1 N–H and O–H groups in total. The van der Waals surface area contributed by atoms with Crippen LogP contribution in [0.4, 0.5) is 0 Å². The maximum atomic E-state index is 11.7. The van der Waals surface area contributed by atoms with Gasteiger partial charge in [0.15, 0.2) is 5.76 Å². The molecule has 6 rings (SSSR count). The van der Waals surface area contributed by atoms with Crippen LogP contribution in [0.2, 0.25) is 10.0 Å². The molecule has 0 aliphatic rings. The molecule has 0 bridgehead atoms. The quantitative estimate of drug-likeness (QED) is 0.264. The topological polar surface area (TPSA) is 55.4 Å². The van der Waals surface area contributed by atoms with Gasteiger partial charge in [-0.3, -0.25) is 0 Å². The van der Waals surface area contributed by atoms with Crippen molar-refractivity contribution in [1.82, 2.24) is 4.57 Å². The van der Waals surface area contributed by atoms with E-state index in [1.165, 1.54) is 0 Å². The van der Waals surface area contributed by atoms with Gasteiger partial charge in [-0.05, 0) is 71.4 Å². The lowest BCUT2D eigenvalue weighted by atomic mass is 10.1. The van der Waals surface area contributed by atoms with E-state index in [-0.39, 0.29) is 5.56 Å². The van der Waals surface area contributed by atoms with Gasteiger partial charge in [0.05, 0.1) is 21.8 Å². The van der Waals surface area contributed by atoms with Gasteiger partial charge in [-0.25, -0.2) is 4.79 Å². The lowest BCUT2D eigenvalue weighted by molar-refractivity contribution is 0.0697. The SMILES string of the molecule is O=C(O)c1cccc(-n2c(-c3ccc(-c4ccc(Cl)cc4Cl)o3)cc3c4ccccc4ccc32)c1. The van der Waals surface area contributed by atoms with Crippen molar-refractivity contribution in [3.8, 4) is 28.5 Å². The fraction of sp³-hybridized carbons (Fsp3) is 0. The Hall–Kier alpha value is -3.99. The van der Waals surface area contributed by atoms with Crippen molar-refractivity contribution in [1.29, 1.82) is 0 Å². The number of carbonyl (C=O) groups is 1. The van der Waals surface area contributed by atoms with E-state index in [2.05, 4.69) is 30.3 Å². The third-order valence-corrected chi connectivity index (χ3v) is 6.66. The zero-order chi connectivity index (χ0) is 24.1. The minimum Gasteiger partial charge on any atom is -0.478 e. The normalized spacial score (nSPS) is 11.4. The molecule has 0 spiro atoms. The minimum atomic E-state index is -0.979. The summed E-state index contributed by atoms with van der Waals surface area (Å²) in [5, 5.41) is 13.9. The smallest absolute Gasteiger partial charge is 0.335 e. The molecule has 0 aliphatic carbocycles. The van der Waals surface area contributed by atoms with E-state index >= 15 is 0 Å². The van der Waals surface area contributed by atoms with Crippen LogP contribution < -0.4 is 0 Å². The van der Waals surface area contributed by atoms with Crippen LogP contribution in [0.25, 0.3) is 50.1 Å². The van der Waals surface area contributed by atoms with Crippen LogP contribution in [-0.4, -0.2) is 15.6 Å². The fourth-order valence-corrected chi connectivity index (χ4v) is 5.01. The Balaban J connectivity index is 1.62. The summed E-state index contributed by atoms with van der Waals surface area (Å²) in [4.78, 5) is 11.7. The van der Waals surface area contributed by atoms with Crippen LogP contribution in [-0.2, 0) is 0 Å². The molecule has 0 saturated heterocycles. The summed E-state index contributed by atoms with van der Waals surface area (Å²) in [6, 6.07) is 30.3. The monoisotopic (exact) mass is 497 g/mol. The molecule has 0 radical (unpaired) electrons. The molecule has 6 heteroatoms. The van der Waals surface area contributed by atoms with Crippen molar-refractivity contribution in [2.75, 3.05) is 0 Å². The fourth-order valence-electron chi connectivity index (χ4n) is 4.51. The zero-order valence-electron chi connectivity index (χ0n) is 18.2. The van der Waals surface area contributed by atoms with Gasteiger partial charge in [-0.2, -0.15) is 0 Å². The summed E-state index contributed by atoms with van der Waals surface area (Å²) < 4.78 is 8.32. The van der Waals surface area contributed by atoms with Crippen molar-refractivity contribution in [2.45, 2.75) is 0 Å². The van der Waals surface area contributed by atoms with Crippen LogP contribution in [0, 0.1) is 0 Å². The average molecular weight is 498 g/mol. The van der Waals surface area contributed by atoms with Crippen molar-refractivity contribution >= 4 is 50.8 Å². The summed E-state index contributed by atoms with van der Waals surface area (Å²) in [5.41, 5.74) is 3.43. The second-order valence-corrected chi connectivity index (χ2v) is 9.07. The van der Waals surface area contributed by atoms with Gasteiger partial charge < -0.3 is 14.1 Å². The first-order chi connectivity index (χ1) is 17.0. The molecule has 0 unspecified atom stereocenters. The molecule has 0 saturated carbocycles. The number of aromatic nitrogens is 1. The number of nitrogens with zero attached hydrogens (tertiary/aromatic N) is 1. The first-order valence-corrected chi connectivity index (χ1v) is 11.7. The maximum Gasteiger partial charge on any atom is 0.335 e. The molecule has 0 amide bonds. The predicted molar refractivity (Wildman–Crippen MR) is 141 cm³/mol. The highest BCUT2D eigenvalue weighted by Gasteiger charge is 2.19. The highest BCUT2D eigenvalue weighted by atomic mass is 35.5. The highest BCUT2D eigenvalue weighted by molar-refractivity contribution is 6.36. The van der Waals surface area contributed by atoms with Gasteiger partial charge in [0, 0.05) is 21.7 Å². The molecule has 6 aromatic rings. The van der Waals surface area contributed by atoms with Crippen LogP contribution in [0.15, 0.2) is 101 Å². The van der Waals surface area contributed by atoms with E-state index in [1.54, 1.807) is 30.3 Å². The molecule has 170 valence electrons. The van der Waals surface area contributed by atoms with E-state index in [9.17, 15) is 9.90 Å². The number of aromatic carboxylic acids is 1. The maximum absolute atomic E-state index is 11.7. The van der Waals surface area contributed by atoms with Crippen molar-refractivity contribution in [3.63, 3.8) is 0 Å². The van der Waals surface area contributed by atoms with Crippen molar-refractivity contribution in [2.24, 2.45) is 0 Å². The van der Waals surface area contributed by atoms with Crippen LogP contribution in [0.3, 0.4) is 0 Å². The number of rotatable bonds is 4. The predicted octanol–water partition coefficient (Wildman–Crippen LogP) is 8.72. The second kappa shape index (κ2) is 8.35. The van der Waals surface area contributed by atoms with Crippen LogP contribution in [0.1, 0.15) is 10.4 Å². The second-order valence-electron chi connectivity index (χ2n) is 8.23. The van der Waals surface area contributed by atoms with E-state index in [0.717, 1.165) is 38.6 Å². The van der Waals surface area contributed by atoms with Gasteiger partial charge in [-0.1, -0.05) is 59.6 Å². The Morgan fingerprint density at radius 1 is 0.771 bits per heavy atom. The third-order valence-electron chi connectivity index (χ3n) is 6.12. The number of carboxylic acid groups (broad SMARTS) is 1. The van der Waals surface area contributed by atoms with E-state index in [0.29, 0.717) is 21.6 Å². The van der Waals surface area contributed by atoms with Gasteiger partial charge in [0.2, 0.25) is 0 Å². The van der Waals surface area contributed by atoms with E-state index < -0.39 is 5.97 Å². The molecule has 0 fully saturated rings. The Morgan fingerprint density at radius 3 is 2.43 bits per heavy atom. The first kappa shape index (κ1) is 21.5. The van der Waals surface area contributed by atoms with E-state index in [1.807, 2.05) is 41.0 Å². The summed E-state index contributed by atoms with van der Waals surface area (Å²) in [5.74, 6) is 0.266. The number of halogens is 2. The molecule has 0 aliphatic heterocycles. The Labute approximate surface area is 210 Å². The first-order valence-electron chi connectivity index (χ1n) is 10.9. The minimum absolute atomic E-state index is 0.212. The number of benzene rings is 4. The summed E-state index contributed by atoms with van der Waals surface area (Å²) in [6.45, 7) is 0. The molecule has 4 aromatic carbocycles. The van der Waals surface area contributed by atoms with Crippen LogP contribution in [0.5, 0.6) is 0 Å². The lowest BCUT2D eigenvalue weighted by Gasteiger charge is -2.11. The van der Waals surface area contributed by atoms with Gasteiger partial charge in [-0.15, -0.1) is 0 Å². The number of furan rings is 1. The van der Waals surface area contributed by atoms with Gasteiger partial charge in [0.1, 0.15) is 5.76 Å². The van der Waals surface area contributed by atoms with E-state index in [4.69, 9.17) is 27.6 Å². The third kappa shape index (κ3) is 3.68. The molecular weight excluding hydrogens is 481 g/mol. The molecule has 2 heterocycles. The van der Waals surface area contributed by atoms with Crippen molar-refractivity contribution in [3.05, 3.63) is 113 Å². The number of carboxylic acids is 1. The van der Waals surface area contributed by atoms with Gasteiger partial charge >= 0.3 is 5.97 Å². The Morgan fingerprint density at radius 2 is 1.60 bits per heavy atom. The number of hydrogen-bond donors (Lipinski definition) is 1. The molecule has 4 nitrogen and oxygen atoms in total. The summed E-state index contributed by atoms with van der Waals surface area (Å²) in [6.07, 6.45) is 0. The standard InChI is InChI=1S/C29H17Cl2NO3/c30-19-9-10-22(24(31)15-19)27-12-13-28(35-27)26-16-23-21-7-2-1-4-17(21)8-11-25(23)32(26)20-6-3-5-18(14-20)29(33)34/h1-16H,(H,33,34). The van der Waals surface area contributed by atoms with Crippen LogP contribution >= 0.6 is 23.2 Å². The summed E-state index contributed by atoms with van der Waals surface area (Å²) >= 11 is 12.5.